The van der Waals surface area contributed by atoms with Crippen molar-refractivity contribution in [1.82, 2.24) is 0 Å². The summed E-state index contributed by atoms with van der Waals surface area (Å²) in [5.74, 6) is -0.0261. The Bertz CT molecular complexity index is 562. The predicted octanol–water partition coefficient (Wildman–Crippen LogP) is 4.22. The first-order valence-corrected chi connectivity index (χ1v) is 7.15. The van der Waals surface area contributed by atoms with E-state index in [0.29, 0.717) is 0 Å². The predicted molar refractivity (Wildman–Crippen MR) is 80.9 cm³/mol. The van der Waals surface area contributed by atoms with Crippen LogP contribution in [0.25, 0.3) is 0 Å². The maximum atomic E-state index is 12.0. The van der Waals surface area contributed by atoms with Crippen molar-refractivity contribution in [2.24, 2.45) is 0 Å². The Balaban J connectivity index is 2.22. The van der Waals surface area contributed by atoms with Crippen LogP contribution in [0.1, 0.15) is 20.8 Å². The van der Waals surface area contributed by atoms with Crippen molar-refractivity contribution >= 4 is 45.5 Å². The van der Waals surface area contributed by atoms with Gasteiger partial charge in [0, 0.05) is 9.26 Å². The molecule has 0 saturated heterocycles. The van der Waals surface area contributed by atoms with Crippen molar-refractivity contribution in [2.45, 2.75) is 13.8 Å². The van der Waals surface area contributed by atoms with E-state index < -0.39 is 0 Å². The number of carbonyl (C=O) groups excluding carboxylic acids is 1. The molecule has 0 aliphatic carbocycles. The first-order valence-electron chi connectivity index (χ1n) is 5.19. The molecule has 0 aliphatic heterocycles. The highest BCUT2D eigenvalue weighted by Gasteiger charge is 2.11. The third-order valence-corrected chi connectivity index (χ3v) is 4.19. The van der Waals surface area contributed by atoms with Crippen LogP contribution in [0.2, 0.25) is 0 Å². The van der Waals surface area contributed by atoms with Crippen LogP contribution in [0.3, 0.4) is 0 Å². The fourth-order valence-electron chi connectivity index (χ4n) is 1.55. The number of thiophene rings is 1. The third kappa shape index (κ3) is 2.87. The molecule has 2 rings (SSSR count). The molecule has 2 nitrogen and oxygen atoms in total. The zero-order valence-corrected chi connectivity index (χ0v) is 12.6. The normalized spacial score (nSPS) is 10.3. The van der Waals surface area contributed by atoms with Gasteiger partial charge in [0.05, 0.1) is 4.88 Å². The van der Waals surface area contributed by atoms with Crippen LogP contribution in [0, 0.1) is 17.4 Å². The molecule has 0 fully saturated rings. The van der Waals surface area contributed by atoms with Gasteiger partial charge in [0.2, 0.25) is 0 Å². The van der Waals surface area contributed by atoms with Gasteiger partial charge in [-0.1, -0.05) is 0 Å². The van der Waals surface area contributed by atoms with Crippen LogP contribution in [0.4, 0.5) is 5.69 Å². The van der Waals surface area contributed by atoms with Crippen LogP contribution in [-0.4, -0.2) is 5.91 Å². The molecular weight excluding hydrogens is 345 g/mol. The molecule has 17 heavy (non-hydrogen) atoms. The molecule has 1 N–H and O–H groups in total. The zero-order chi connectivity index (χ0) is 12.4. The molecule has 1 aromatic heterocycles. The molecule has 0 saturated carbocycles. The number of anilines is 1. The standard InChI is InChI=1S/C13H12INOS/c1-8-5-6-17-12(8)13(16)15-11-4-3-10(14)7-9(11)2/h3-7H,1-2H3,(H,15,16). The van der Waals surface area contributed by atoms with Crippen LogP contribution >= 0.6 is 33.9 Å². The van der Waals surface area contributed by atoms with Crippen LogP contribution < -0.4 is 5.32 Å². The number of rotatable bonds is 2. The number of hydrogen-bond acceptors (Lipinski definition) is 2. The van der Waals surface area contributed by atoms with E-state index >= 15 is 0 Å². The Morgan fingerprint density at radius 2 is 2.00 bits per heavy atom. The Labute approximate surface area is 118 Å². The quantitative estimate of drug-likeness (QED) is 0.801. The second-order valence-corrected chi connectivity index (χ2v) is 6.01. The number of aryl methyl sites for hydroxylation is 2. The largest absolute Gasteiger partial charge is 0.321 e. The summed E-state index contributed by atoms with van der Waals surface area (Å²) in [5.41, 5.74) is 2.98. The summed E-state index contributed by atoms with van der Waals surface area (Å²) >= 11 is 3.73. The van der Waals surface area contributed by atoms with Gasteiger partial charge in [-0.05, 0) is 77.2 Å². The van der Waals surface area contributed by atoms with Crippen molar-refractivity contribution in [3.63, 3.8) is 0 Å². The summed E-state index contributed by atoms with van der Waals surface area (Å²) in [7, 11) is 0. The van der Waals surface area contributed by atoms with E-state index in [4.69, 9.17) is 0 Å². The Morgan fingerprint density at radius 3 is 2.59 bits per heavy atom. The van der Waals surface area contributed by atoms with Gasteiger partial charge in [-0.25, -0.2) is 0 Å². The zero-order valence-electron chi connectivity index (χ0n) is 9.58. The van der Waals surface area contributed by atoms with Crippen molar-refractivity contribution < 1.29 is 4.79 Å². The van der Waals surface area contributed by atoms with Crippen molar-refractivity contribution in [3.05, 3.63) is 49.2 Å². The molecule has 0 bridgehead atoms. The highest BCUT2D eigenvalue weighted by atomic mass is 127. The molecule has 0 spiro atoms. The molecule has 0 unspecified atom stereocenters. The Kier molecular flexibility index (Phi) is 3.83. The first kappa shape index (κ1) is 12.6. The average Bonchev–Trinajstić information content (AvgIpc) is 2.68. The maximum absolute atomic E-state index is 12.0. The maximum Gasteiger partial charge on any atom is 0.266 e. The first-order chi connectivity index (χ1) is 8.08. The molecule has 0 aliphatic rings. The summed E-state index contributed by atoms with van der Waals surface area (Å²) < 4.78 is 1.17. The minimum absolute atomic E-state index is 0.0261. The van der Waals surface area contributed by atoms with Crippen LogP contribution in [0.5, 0.6) is 0 Å². The number of halogens is 1. The molecule has 1 aromatic carbocycles. The van der Waals surface area contributed by atoms with Crippen LogP contribution in [-0.2, 0) is 0 Å². The fourth-order valence-corrected chi connectivity index (χ4v) is 3.02. The van der Waals surface area contributed by atoms with E-state index in [2.05, 4.69) is 34.0 Å². The van der Waals surface area contributed by atoms with Gasteiger partial charge in [0.1, 0.15) is 0 Å². The lowest BCUT2D eigenvalue weighted by Gasteiger charge is -2.08. The van der Waals surface area contributed by atoms with Crippen molar-refractivity contribution in [3.8, 4) is 0 Å². The average molecular weight is 357 g/mol. The van der Waals surface area contributed by atoms with Gasteiger partial charge >= 0.3 is 0 Å². The van der Waals surface area contributed by atoms with Crippen LogP contribution in [0.15, 0.2) is 29.6 Å². The van der Waals surface area contributed by atoms with Gasteiger partial charge in [-0.3, -0.25) is 4.79 Å². The summed E-state index contributed by atoms with van der Waals surface area (Å²) in [6.45, 7) is 3.95. The third-order valence-electron chi connectivity index (χ3n) is 2.50. The minimum atomic E-state index is -0.0261. The molecule has 0 atom stereocenters. The molecule has 0 radical (unpaired) electrons. The molecule has 1 amide bonds. The highest BCUT2D eigenvalue weighted by molar-refractivity contribution is 14.1. The SMILES string of the molecule is Cc1cc(I)ccc1NC(=O)c1sccc1C. The number of hydrogen-bond donors (Lipinski definition) is 1. The molecular formula is C13H12INOS. The second kappa shape index (κ2) is 5.18. The number of carbonyl (C=O) groups is 1. The Morgan fingerprint density at radius 1 is 1.24 bits per heavy atom. The Hall–Kier alpha value is -0.880. The lowest BCUT2D eigenvalue weighted by Crippen LogP contribution is -2.12. The van der Waals surface area contributed by atoms with Crippen molar-refractivity contribution in [2.75, 3.05) is 5.32 Å². The fraction of sp³-hybridized carbons (Fsp3) is 0.154. The van der Waals surface area contributed by atoms with E-state index in [0.717, 1.165) is 21.7 Å². The smallest absolute Gasteiger partial charge is 0.266 e. The topological polar surface area (TPSA) is 29.1 Å². The number of amides is 1. The number of benzene rings is 1. The van der Waals surface area contributed by atoms with E-state index in [1.165, 1.54) is 14.9 Å². The van der Waals surface area contributed by atoms with E-state index in [1.54, 1.807) is 0 Å². The molecule has 1 heterocycles. The van der Waals surface area contributed by atoms with E-state index in [1.807, 2.05) is 37.4 Å². The van der Waals surface area contributed by atoms with Gasteiger partial charge in [-0.15, -0.1) is 11.3 Å². The summed E-state index contributed by atoms with van der Waals surface area (Å²) in [6, 6.07) is 7.94. The van der Waals surface area contributed by atoms with Gasteiger partial charge in [0.25, 0.3) is 5.91 Å². The lowest BCUT2D eigenvalue weighted by atomic mass is 10.2. The van der Waals surface area contributed by atoms with E-state index in [9.17, 15) is 4.79 Å². The molecule has 2 aromatic rings. The number of nitrogens with one attached hydrogen (secondary N) is 1. The molecule has 4 heteroatoms. The monoisotopic (exact) mass is 357 g/mol. The molecule has 88 valence electrons. The minimum Gasteiger partial charge on any atom is -0.321 e. The summed E-state index contributed by atoms with van der Waals surface area (Å²) in [5, 5.41) is 4.88. The van der Waals surface area contributed by atoms with Crippen molar-refractivity contribution in [1.29, 1.82) is 0 Å². The van der Waals surface area contributed by atoms with Gasteiger partial charge in [-0.2, -0.15) is 0 Å². The summed E-state index contributed by atoms with van der Waals surface area (Å²) in [4.78, 5) is 12.8. The lowest BCUT2D eigenvalue weighted by molar-refractivity contribution is 0.103. The highest BCUT2D eigenvalue weighted by Crippen LogP contribution is 2.21. The summed E-state index contributed by atoms with van der Waals surface area (Å²) in [6.07, 6.45) is 0. The van der Waals surface area contributed by atoms with Gasteiger partial charge in [0.15, 0.2) is 0 Å². The second-order valence-electron chi connectivity index (χ2n) is 3.85. The van der Waals surface area contributed by atoms with E-state index in [-0.39, 0.29) is 5.91 Å². The van der Waals surface area contributed by atoms with Gasteiger partial charge < -0.3 is 5.32 Å².